The Balaban J connectivity index is 2.15. The molecule has 1 unspecified atom stereocenters. The molecule has 1 aliphatic rings. The average Bonchev–Trinajstić information content (AvgIpc) is 2.43. The van der Waals surface area contributed by atoms with Crippen molar-refractivity contribution < 1.29 is 14.7 Å². The highest BCUT2D eigenvalue weighted by molar-refractivity contribution is 5.88. The molecule has 0 saturated carbocycles. The van der Waals surface area contributed by atoms with Gasteiger partial charge < -0.3 is 10.4 Å². The van der Waals surface area contributed by atoms with E-state index in [0.29, 0.717) is 6.42 Å². The first-order chi connectivity index (χ1) is 9.13. The highest BCUT2D eigenvalue weighted by Gasteiger charge is 2.28. The van der Waals surface area contributed by atoms with Gasteiger partial charge in [0.25, 0.3) is 0 Å². The number of nitrogens with one attached hydrogen (secondary N) is 1. The largest absolute Gasteiger partial charge is 0.480 e. The molecule has 2 N–H and O–H groups in total. The number of carbonyl (C=O) groups is 2. The number of benzene rings is 1. The SMILES string of the molecule is CC[C@H](NC(=O)C1CCCc2ccccc21)C(=O)O. The smallest absolute Gasteiger partial charge is 0.326 e. The minimum absolute atomic E-state index is 0.165. The van der Waals surface area contributed by atoms with E-state index < -0.39 is 12.0 Å². The van der Waals surface area contributed by atoms with Crippen LogP contribution in [0.5, 0.6) is 0 Å². The quantitative estimate of drug-likeness (QED) is 0.872. The first kappa shape index (κ1) is 13.6. The Hall–Kier alpha value is -1.84. The Morgan fingerprint density at radius 3 is 2.84 bits per heavy atom. The minimum atomic E-state index is -0.972. The third kappa shape index (κ3) is 2.95. The molecule has 19 heavy (non-hydrogen) atoms. The first-order valence-corrected chi connectivity index (χ1v) is 6.74. The van der Waals surface area contributed by atoms with Gasteiger partial charge in [-0.15, -0.1) is 0 Å². The van der Waals surface area contributed by atoms with E-state index in [1.54, 1.807) is 6.92 Å². The van der Waals surface area contributed by atoms with Crippen LogP contribution in [0.1, 0.15) is 43.2 Å². The van der Waals surface area contributed by atoms with E-state index in [9.17, 15) is 9.59 Å². The Bertz CT molecular complexity index is 484. The number of hydrogen-bond acceptors (Lipinski definition) is 2. The fourth-order valence-corrected chi connectivity index (χ4v) is 2.64. The van der Waals surface area contributed by atoms with E-state index in [1.165, 1.54) is 5.56 Å². The lowest BCUT2D eigenvalue weighted by Crippen LogP contribution is -2.43. The Kier molecular flexibility index (Phi) is 4.20. The summed E-state index contributed by atoms with van der Waals surface area (Å²) in [4.78, 5) is 23.2. The maximum Gasteiger partial charge on any atom is 0.326 e. The number of rotatable bonds is 4. The molecular weight excluding hydrogens is 242 g/mol. The van der Waals surface area contributed by atoms with E-state index in [1.807, 2.05) is 24.3 Å². The van der Waals surface area contributed by atoms with E-state index in [4.69, 9.17) is 5.11 Å². The molecule has 0 spiro atoms. The molecule has 0 aliphatic heterocycles. The fraction of sp³-hybridized carbons (Fsp3) is 0.467. The predicted molar refractivity (Wildman–Crippen MR) is 72.0 cm³/mol. The summed E-state index contributed by atoms with van der Waals surface area (Å²) in [6.07, 6.45) is 3.16. The number of amides is 1. The molecule has 2 atom stereocenters. The molecule has 0 bridgehead atoms. The highest BCUT2D eigenvalue weighted by atomic mass is 16.4. The predicted octanol–water partition coefficient (Wildman–Crippen LogP) is 2.09. The van der Waals surface area contributed by atoms with E-state index in [-0.39, 0.29) is 11.8 Å². The molecule has 1 aliphatic carbocycles. The standard InChI is InChI=1S/C15H19NO3/c1-2-13(15(18)19)16-14(17)12-9-5-7-10-6-3-4-8-11(10)12/h3-4,6,8,12-13H,2,5,7,9H2,1H3,(H,16,17)(H,18,19)/t12?,13-/m0/s1. The third-order valence-electron chi connectivity index (χ3n) is 3.71. The molecule has 1 amide bonds. The first-order valence-electron chi connectivity index (χ1n) is 6.74. The van der Waals surface area contributed by atoms with Gasteiger partial charge in [-0.25, -0.2) is 4.79 Å². The van der Waals surface area contributed by atoms with Gasteiger partial charge in [0.15, 0.2) is 0 Å². The molecule has 0 heterocycles. The van der Waals surface area contributed by atoms with Crippen molar-refractivity contribution in [2.75, 3.05) is 0 Å². The van der Waals surface area contributed by atoms with Crippen LogP contribution in [0, 0.1) is 0 Å². The molecule has 4 nitrogen and oxygen atoms in total. The van der Waals surface area contributed by atoms with Crippen LogP contribution in [0.15, 0.2) is 24.3 Å². The zero-order chi connectivity index (χ0) is 13.8. The van der Waals surface area contributed by atoms with Crippen LogP contribution in [0.2, 0.25) is 0 Å². The second kappa shape index (κ2) is 5.87. The molecule has 4 heteroatoms. The lowest BCUT2D eigenvalue weighted by Gasteiger charge is -2.25. The van der Waals surface area contributed by atoms with Gasteiger partial charge in [-0.2, -0.15) is 0 Å². The molecule has 0 saturated heterocycles. The van der Waals surface area contributed by atoms with Crippen molar-refractivity contribution in [3.05, 3.63) is 35.4 Å². The third-order valence-corrected chi connectivity index (χ3v) is 3.71. The zero-order valence-corrected chi connectivity index (χ0v) is 11.1. The minimum Gasteiger partial charge on any atom is -0.480 e. The van der Waals surface area contributed by atoms with Crippen LogP contribution in [0.25, 0.3) is 0 Å². The van der Waals surface area contributed by atoms with Gasteiger partial charge in [-0.05, 0) is 36.8 Å². The number of carboxylic acids is 1. The maximum atomic E-state index is 12.3. The molecule has 0 fully saturated rings. The summed E-state index contributed by atoms with van der Waals surface area (Å²) in [5.74, 6) is -1.35. The van der Waals surface area contributed by atoms with Gasteiger partial charge in [0.1, 0.15) is 6.04 Å². The van der Waals surface area contributed by atoms with Gasteiger partial charge >= 0.3 is 5.97 Å². The second-order valence-corrected chi connectivity index (χ2v) is 4.95. The van der Waals surface area contributed by atoms with Crippen LogP contribution in [-0.4, -0.2) is 23.0 Å². The van der Waals surface area contributed by atoms with Crippen molar-refractivity contribution >= 4 is 11.9 Å². The lowest BCUT2D eigenvalue weighted by atomic mass is 9.82. The molecule has 2 rings (SSSR count). The van der Waals surface area contributed by atoms with Gasteiger partial charge in [0.2, 0.25) is 5.91 Å². The van der Waals surface area contributed by atoms with Crippen molar-refractivity contribution in [1.29, 1.82) is 0 Å². The zero-order valence-electron chi connectivity index (χ0n) is 11.1. The van der Waals surface area contributed by atoms with E-state index in [2.05, 4.69) is 5.32 Å². The monoisotopic (exact) mass is 261 g/mol. The fourth-order valence-electron chi connectivity index (χ4n) is 2.64. The van der Waals surface area contributed by atoms with Gasteiger partial charge in [-0.1, -0.05) is 31.2 Å². The molecular formula is C15H19NO3. The van der Waals surface area contributed by atoms with Gasteiger partial charge in [0, 0.05) is 0 Å². The van der Waals surface area contributed by atoms with Crippen LogP contribution >= 0.6 is 0 Å². The molecule has 1 aromatic rings. The van der Waals surface area contributed by atoms with Crippen molar-refractivity contribution in [3.63, 3.8) is 0 Å². The number of aliphatic carboxylic acids is 1. The van der Waals surface area contributed by atoms with Crippen LogP contribution in [-0.2, 0) is 16.0 Å². The van der Waals surface area contributed by atoms with Crippen molar-refractivity contribution in [3.8, 4) is 0 Å². The van der Waals surface area contributed by atoms with Gasteiger partial charge in [-0.3, -0.25) is 4.79 Å². The summed E-state index contributed by atoms with van der Waals surface area (Å²) in [5.41, 5.74) is 2.25. The normalized spacial score (nSPS) is 19.3. The topological polar surface area (TPSA) is 66.4 Å². The molecule has 1 aromatic carbocycles. The summed E-state index contributed by atoms with van der Waals surface area (Å²) in [7, 11) is 0. The number of aryl methyl sites for hydroxylation is 1. The molecule has 0 aromatic heterocycles. The van der Waals surface area contributed by atoms with Crippen molar-refractivity contribution in [2.45, 2.75) is 44.6 Å². The number of carboxylic acid groups (broad SMARTS) is 1. The number of carbonyl (C=O) groups excluding carboxylic acids is 1. The Labute approximate surface area is 112 Å². The van der Waals surface area contributed by atoms with Gasteiger partial charge in [0.05, 0.1) is 5.92 Å². The number of fused-ring (bicyclic) bond motifs is 1. The van der Waals surface area contributed by atoms with Crippen molar-refractivity contribution in [2.24, 2.45) is 0 Å². The summed E-state index contributed by atoms with van der Waals surface area (Å²) in [6.45, 7) is 1.76. The summed E-state index contributed by atoms with van der Waals surface area (Å²) in [6, 6.07) is 7.13. The summed E-state index contributed by atoms with van der Waals surface area (Å²) >= 11 is 0. The summed E-state index contributed by atoms with van der Waals surface area (Å²) in [5, 5.41) is 11.6. The number of hydrogen-bond donors (Lipinski definition) is 2. The Morgan fingerprint density at radius 1 is 1.42 bits per heavy atom. The van der Waals surface area contributed by atoms with E-state index >= 15 is 0 Å². The average molecular weight is 261 g/mol. The van der Waals surface area contributed by atoms with Crippen molar-refractivity contribution in [1.82, 2.24) is 5.32 Å². The van der Waals surface area contributed by atoms with E-state index in [0.717, 1.165) is 24.8 Å². The van der Waals surface area contributed by atoms with Crippen LogP contribution < -0.4 is 5.32 Å². The highest BCUT2D eigenvalue weighted by Crippen LogP contribution is 2.31. The second-order valence-electron chi connectivity index (χ2n) is 4.95. The molecule has 0 radical (unpaired) electrons. The van der Waals surface area contributed by atoms with Crippen LogP contribution in [0.3, 0.4) is 0 Å². The van der Waals surface area contributed by atoms with Crippen LogP contribution in [0.4, 0.5) is 0 Å². The maximum absolute atomic E-state index is 12.3. The Morgan fingerprint density at radius 2 is 2.16 bits per heavy atom. The summed E-state index contributed by atoms with van der Waals surface area (Å²) < 4.78 is 0. The molecule has 102 valence electrons. The lowest BCUT2D eigenvalue weighted by molar-refractivity contribution is -0.142.